The molecule has 0 atom stereocenters. The predicted molar refractivity (Wildman–Crippen MR) is 88.6 cm³/mol. The minimum Gasteiger partial charge on any atom is -0.494 e. The van der Waals surface area contributed by atoms with Crippen LogP contribution in [0.1, 0.15) is 18.1 Å². The molecule has 0 amide bonds. The van der Waals surface area contributed by atoms with Crippen LogP contribution in [0.5, 0.6) is 5.75 Å². The third-order valence-electron chi connectivity index (χ3n) is 2.92. The summed E-state index contributed by atoms with van der Waals surface area (Å²) in [6, 6.07) is 10.6. The quantitative estimate of drug-likeness (QED) is 0.691. The molecule has 0 radical (unpaired) electrons. The monoisotopic (exact) mass is 371 g/mol. The molecule has 0 fully saturated rings. The lowest BCUT2D eigenvalue weighted by Crippen LogP contribution is -2.02. The van der Waals surface area contributed by atoms with Crippen molar-refractivity contribution in [2.24, 2.45) is 0 Å². The van der Waals surface area contributed by atoms with E-state index in [-0.39, 0.29) is 5.82 Å². The first-order chi connectivity index (χ1) is 10.1. The molecule has 5 heteroatoms. The fourth-order valence-corrected chi connectivity index (χ4v) is 2.73. The molecule has 0 aromatic heterocycles. The zero-order chi connectivity index (χ0) is 15.2. The molecule has 21 heavy (non-hydrogen) atoms. The van der Waals surface area contributed by atoms with Crippen molar-refractivity contribution in [3.8, 4) is 5.75 Å². The second-order valence-electron chi connectivity index (χ2n) is 4.52. The van der Waals surface area contributed by atoms with E-state index in [0.29, 0.717) is 19.0 Å². The van der Waals surface area contributed by atoms with E-state index in [0.717, 1.165) is 27.0 Å². The summed E-state index contributed by atoms with van der Waals surface area (Å²) in [6.07, 6.45) is 0. The molecule has 0 heterocycles. The Bertz CT molecular complexity index is 601. The maximum atomic E-state index is 13.3. The van der Waals surface area contributed by atoms with Gasteiger partial charge in [-0.15, -0.1) is 11.6 Å². The summed E-state index contributed by atoms with van der Waals surface area (Å²) in [7, 11) is 0. The molecule has 0 spiro atoms. The molecule has 0 aliphatic carbocycles. The zero-order valence-corrected chi connectivity index (χ0v) is 14.0. The molecule has 0 bridgehead atoms. The molecule has 0 aliphatic heterocycles. The number of halogens is 3. The maximum Gasteiger partial charge on any atom is 0.124 e. The van der Waals surface area contributed by atoms with Crippen molar-refractivity contribution in [2.75, 3.05) is 11.9 Å². The number of hydrogen-bond donors (Lipinski definition) is 1. The highest BCUT2D eigenvalue weighted by Crippen LogP contribution is 2.25. The standard InChI is InChI=1S/C16H16BrClFNO/c1-2-21-16-4-3-15(7-12(16)9-18)20-10-11-5-13(17)8-14(19)6-11/h3-8,20H,2,9-10H2,1H3. The Hall–Kier alpha value is -1.26. The zero-order valence-electron chi connectivity index (χ0n) is 11.6. The van der Waals surface area contributed by atoms with E-state index < -0.39 is 0 Å². The molecule has 0 saturated carbocycles. The van der Waals surface area contributed by atoms with Crippen molar-refractivity contribution >= 4 is 33.2 Å². The van der Waals surface area contributed by atoms with Crippen LogP contribution in [0.15, 0.2) is 40.9 Å². The van der Waals surface area contributed by atoms with E-state index in [2.05, 4.69) is 21.2 Å². The van der Waals surface area contributed by atoms with Crippen molar-refractivity contribution in [1.82, 2.24) is 0 Å². The Labute approximate surface area is 137 Å². The van der Waals surface area contributed by atoms with Gasteiger partial charge in [0.25, 0.3) is 0 Å². The van der Waals surface area contributed by atoms with Crippen molar-refractivity contribution in [2.45, 2.75) is 19.3 Å². The van der Waals surface area contributed by atoms with Gasteiger partial charge in [0.1, 0.15) is 11.6 Å². The van der Waals surface area contributed by atoms with Gasteiger partial charge in [-0.2, -0.15) is 0 Å². The topological polar surface area (TPSA) is 21.3 Å². The predicted octanol–water partition coefficient (Wildman–Crippen LogP) is 5.34. The number of ether oxygens (including phenoxy) is 1. The number of rotatable bonds is 6. The summed E-state index contributed by atoms with van der Waals surface area (Å²) >= 11 is 9.22. The Morgan fingerprint density at radius 3 is 2.71 bits per heavy atom. The molecule has 2 aromatic rings. The lowest BCUT2D eigenvalue weighted by molar-refractivity contribution is 0.337. The fourth-order valence-electron chi connectivity index (χ4n) is 2.01. The van der Waals surface area contributed by atoms with Gasteiger partial charge < -0.3 is 10.1 Å². The van der Waals surface area contributed by atoms with E-state index in [1.165, 1.54) is 12.1 Å². The normalized spacial score (nSPS) is 10.5. The van der Waals surface area contributed by atoms with Crippen molar-refractivity contribution < 1.29 is 9.13 Å². The Balaban J connectivity index is 2.09. The summed E-state index contributed by atoms with van der Waals surface area (Å²) in [5, 5.41) is 3.26. The number of alkyl halides is 1. The van der Waals surface area contributed by atoms with Crippen LogP contribution in [0.25, 0.3) is 0 Å². The van der Waals surface area contributed by atoms with Crippen molar-refractivity contribution in [1.29, 1.82) is 0 Å². The first-order valence-electron chi connectivity index (χ1n) is 6.63. The number of anilines is 1. The summed E-state index contributed by atoms with van der Waals surface area (Å²) < 4.78 is 19.6. The average molecular weight is 373 g/mol. The van der Waals surface area contributed by atoms with E-state index >= 15 is 0 Å². The number of hydrogen-bond acceptors (Lipinski definition) is 2. The molecular formula is C16H16BrClFNO. The number of nitrogens with one attached hydrogen (secondary N) is 1. The second-order valence-corrected chi connectivity index (χ2v) is 5.70. The van der Waals surface area contributed by atoms with Gasteiger partial charge in [-0.3, -0.25) is 0 Å². The van der Waals surface area contributed by atoms with E-state index in [1.807, 2.05) is 31.2 Å². The Kier molecular flexibility index (Phi) is 5.88. The van der Waals surface area contributed by atoms with Gasteiger partial charge in [-0.1, -0.05) is 15.9 Å². The summed E-state index contributed by atoms with van der Waals surface area (Å²) in [6.45, 7) is 3.08. The highest BCUT2D eigenvalue weighted by atomic mass is 79.9. The van der Waals surface area contributed by atoms with Gasteiger partial charge >= 0.3 is 0 Å². The van der Waals surface area contributed by atoms with Crippen LogP contribution in [0, 0.1) is 5.82 Å². The summed E-state index contributed by atoms with van der Waals surface area (Å²) in [5.41, 5.74) is 2.72. The highest BCUT2D eigenvalue weighted by molar-refractivity contribution is 9.10. The van der Waals surface area contributed by atoms with Crippen LogP contribution < -0.4 is 10.1 Å². The summed E-state index contributed by atoms with van der Waals surface area (Å²) in [4.78, 5) is 0. The highest BCUT2D eigenvalue weighted by Gasteiger charge is 2.05. The van der Waals surface area contributed by atoms with Crippen molar-refractivity contribution in [3.05, 3.63) is 57.8 Å². The van der Waals surface area contributed by atoms with Gasteiger partial charge in [0, 0.05) is 22.3 Å². The molecular weight excluding hydrogens is 357 g/mol. The molecule has 0 aliphatic rings. The molecule has 0 saturated heterocycles. The minimum absolute atomic E-state index is 0.255. The van der Waals surface area contributed by atoms with E-state index in [4.69, 9.17) is 16.3 Å². The van der Waals surface area contributed by atoms with Crippen LogP contribution in [0.3, 0.4) is 0 Å². The maximum absolute atomic E-state index is 13.3. The van der Waals surface area contributed by atoms with E-state index in [1.54, 1.807) is 0 Å². The van der Waals surface area contributed by atoms with Crippen LogP contribution in [-0.4, -0.2) is 6.61 Å². The Morgan fingerprint density at radius 2 is 2.05 bits per heavy atom. The third-order valence-corrected chi connectivity index (χ3v) is 3.67. The molecule has 1 N–H and O–H groups in total. The van der Waals surface area contributed by atoms with Crippen LogP contribution in [0.2, 0.25) is 0 Å². The second kappa shape index (κ2) is 7.66. The molecule has 2 nitrogen and oxygen atoms in total. The van der Waals surface area contributed by atoms with Gasteiger partial charge in [0.15, 0.2) is 0 Å². The molecule has 2 aromatic carbocycles. The summed E-state index contributed by atoms with van der Waals surface area (Å²) in [5.74, 6) is 0.928. The van der Waals surface area contributed by atoms with Crippen LogP contribution >= 0.6 is 27.5 Å². The minimum atomic E-state index is -0.255. The van der Waals surface area contributed by atoms with Crippen molar-refractivity contribution in [3.63, 3.8) is 0 Å². The molecule has 2 rings (SSSR count). The first kappa shape index (κ1) is 16.1. The third kappa shape index (κ3) is 4.61. The average Bonchev–Trinajstić information content (AvgIpc) is 2.45. The lowest BCUT2D eigenvalue weighted by Gasteiger charge is -2.12. The van der Waals surface area contributed by atoms with Gasteiger partial charge in [-0.25, -0.2) is 4.39 Å². The lowest BCUT2D eigenvalue weighted by atomic mass is 10.1. The number of benzene rings is 2. The van der Waals surface area contributed by atoms with Gasteiger partial charge in [0.2, 0.25) is 0 Å². The molecule has 112 valence electrons. The fraction of sp³-hybridized carbons (Fsp3) is 0.250. The van der Waals surface area contributed by atoms with E-state index in [9.17, 15) is 4.39 Å². The SMILES string of the molecule is CCOc1ccc(NCc2cc(F)cc(Br)c2)cc1CCl. The first-order valence-corrected chi connectivity index (χ1v) is 7.95. The Morgan fingerprint density at radius 1 is 1.24 bits per heavy atom. The molecule has 0 unspecified atom stereocenters. The van der Waals surface area contributed by atoms with Crippen LogP contribution in [-0.2, 0) is 12.4 Å². The van der Waals surface area contributed by atoms with Crippen LogP contribution in [0.4, 0.5) is 10.1 Å². The van der Waals surface area contributed by atoms with Gasteiger partial charge in [0.05, 0.1) is 12.5 Å². The van der Waals surface area contributed by atoms with Gasteiger partial charge in [-0.05, 0) is 48.9 Å². The smallest absolute Gasteiger partial charge is 0.124 e. The largest absolute Gasteiger partial charge is 0.494 e.